The number of hydrogen-bond donors (Lipinski definition) is 2. The average Bonchev–Trinajstić information content (AvgIpc) is 3.83. The summed E-state index contributed by atoms with van der Waals surface area (Å²) in [5.41, 5.74) is 6.55. The maximum Gasteiger partial charge on any atom is 0.330 e. The van der Waals surface area contributed by atoms with Gasteiger partial charge in [0.1, 0.15) is 0 Å². The summed E-state index contributed by atoms with van der Waals surface area (Å²) in [5.74, 6) is -1.82. The Hall–Kier alpha value is -6.24. The summed E-state index contributed by atoms with van der Waals surface area (Å²) in [5, 5.41) is 0. The van der Waals surface area contributed by atoms with Crippen LogP contribution in [0.3, 0.4) is 0 Å². The molecule has 2 aliphatic heterocycles. The van der Waals surface area contributed by atoms with Gasteiger partial charge in [-0.3, -0.25) is 9.97 Å². The molecule has 0 unspecified atom stereocenters. The van der Waals surface area contributed by atoms with Gasteiger partial charge in [-0.15, -0.1) is 0 Å². The van der Waals surface area contributed by atoms with Gasteiger partial charge in [0.15, 0.2) is 5.75 Å². The van der Waals surface area contributed by atoms with Gasteiger partial charge in [0.25, 0.3) is 0 Å². The number of hydrogen-bond acceptors (Lipinski definition) is 11. The van der Waals surface area contributed by atoms with Crippen molar-refractivity contribution in [3.8, 4) is 5.75 Å². The van der Waals surface area contributed by atoms with Gasteiger partial charge < -0.3 is 33.7 Å². The highest BCUT2D eigenvalue weighted by Gasteiger charge is 2.33. The van der Waals surface area contributed by atoms with Crippen LogP contribution in [0.1, 0.15) is 72.7 Å². The number of esters is 4. The maximum absolute atomic E-state index is 12.4. The summed E-state index contributed by atoms with van der Waals surface area (Å²) in [4.78, 5) is 66.5. The minimum Gasteiger partial charge on any atom is -0.493 e. The van der Waals surface area contributed by atoms with Gasteiger partial charge in [-0.05, 0) is 42.5 Å². The van der Waals surface area contributed by atoms with Crippen molar-refractivity contribution in [2.75, 3.05) is 35.5 Å². The molecule has 3 aromatic heterocycles. The minimum atomic E-state index is -0.573. The largest absolute Gasteiger partial charge is 0.493 e. The Labute approximate surface area is 312 Å². The molecule has 0 spiro atoms. The van der Waals surface area contributed by atoms with E-state index in [1.54, 1.807) is 31.4 Å². The third-order valence-electron chi connectivity index (χ3n) is 9.30. The number of carbonyl (C=O) groups is 4. The number of fused-ring (bicyclic) bond motifs is 8. The summed E-state index contributed by atoms with van der Waals surface area (Å²) >= 11 is 0. The highest BCUT2D eigenvalue weighted by atomic mass is 16.5. The zero-order chi connectivity index (χ0) is 39.4. The van der Waals surface area contributed by atoms with Crippen LogP contribution >= 0.6 is 0 Å². The Morgan fingerprint density at radius 2 is 0.981 bits per heavy atom. The van der Waals surface area contributed by atoms with Gasteiger partial charge in [-0.1, -0.05) is 27.7 Å². The van der Waals surface area contributed by atoms with Crippen LogP contribution in [0.15, 0.2) is 42.5 Å². The monoisotopic (exact) mass is 736 g/mol. The Balaban J connectivity index is 2.04. The lowest BCUT2D eigenvalue weighted by Gasteiger charge is -2.16. The van der Waals surface area contributed by atoms with Crippen LogP contribution < -0.4 is 4.74 Å². The lowest BCUT2D eigenvalue weighted by Crippen LogP contribution is -2.15. The Kier molecular flexibility index (Phi) is 11.4. The summed E-state index contributed by atoms with van der Waals surface area (Å²) in [7, 11) is 6.72. The van der Waals surface area contributed by atoms with E-state index < -0.39 is 34.7 Å². The smallest absolute Gasteiger partial charge is 0.330 e. The molecule has 2 N–H and O–H groups in total. The van der Waals surface area contributed by atoms with Crippen LogP contribution in [0.25, 0.3) is 46.4 Å². The Morgan fingerprint density at radius 3 is 1.46 bits per heavy atom. The quantitative estimate of drug-likeness (QED) is 0.148. The lowest BCUT2D eigenvalue weighted by molar-refractivity contribution is -0.135. The zero-order valence-electron chi connectivity index (χ0n) is 31.8. The fourth-order valence-corrected chi connectivity index (χ4v) is 6.44. The molecule has 0 radical (unpaired) electrons. The summed E-state index contributed by atoms with van der Waals surface area (Å²) in [6, 6.07) is 5.73. The number of carbonyl (C=O) groups excluding carboxylic acids is 4. The molecule has 0 saturated heterocycles. The molecule has 0 atom stereocenters. The Morgan fingerprint density at radius 1 is 0.574 bits per heavy atom. The van der Waals surface area contributed by atoms with Gasteiger partial charge in [-0.25, -0.2) is 19.2 Å². The number of aromatic nitrogens is 4. The van der Waals surface area contributed by atoms with Gasteiger partial charge in [-0.2, -0.15) is 0 Å². The van der Waals surface area contributed by atoms with Crippen LogP contribution in [-0.4, -0.2) is 79.4 Å². The van der Waals surface area contributed by atoms with E-state index in [4.69, 9.17) is 33.7 Å². The Bertz CT molecular complexity index is 2300. The molecule has 13 heteroatoms. The molecular formula is C41H44N4O9. The third-order valence-corrected chi connectivity index (χ3v) is 9.30. The van der Waals surface area contributed by atoms with E-state index >= 15 is 0 Å². The zero-order valence-corrected chi connectivity index (χ0v) is 31.8. The van der Waals surface area contributed by atoms with Gasteiger partial charge >= 0.3 is 23.9 Å². The third kappa shape index (κ3) is 8.20. The van der Waals surface area contributed by atoms with Crippen molar-refractivity contribution in [1.82, 2.24) is 19.9 Å². The summed E-state index contributed by atoms with van der Waals surface area (Å²) in [6.45, 7) is 8.24. The molecule has 2 aliphatic rings. The van der Waals surface area contributed by atoms with Gasteiger partial charge in [0, 0.05) is 104 Å². The maximum atomic E-state index is 12.4. The number of nitrogens with zero attached hydrogens (tertiary/aromatic N) is 2. The van der Waals surface area contributed by atoms with E-state index in [0.29, 0.717) is 74.3 Å². The number of rotatable bonds is 9. The van der Waals surface area contributed by atoms with E-state index in [9.17, 15) is 19.2 Å². The van der Waals surface area contributed by atoms with Gasteiger partial charge in [0.2, 0.25) is 0 Å². The SMILES string of the molecule is COC(=O)/C=C/c1c(/C=C/C(=O)OC)c2cc3nc(c(OC)c4[nH]c(cc5nc(cc1[nH]2)CC5(C)C)c(/C=C/C(=O)OC)c4/C=C/C(=O)OC)CC3(C)C. The van der Waals surface area contributed by atoms with Crippen LogP contribution in [-0.2, 0) is 61.8 Å². The van der Waals surface area contributed by atoms with Crippen molar-refractivity contribution < 1.29 is 42.9 Å². The normalized spacial score (nSPS) is 14.9. The first-order chi connectivity index (χ1) is 25.6. The minimum absolute atomic E-state index is 0.420. The average molecular weight is 737 g/mol. The molecule has 0 amide bonds. The second-order valence-electron chi connectivity index (χ2n) is 14.0. The van der Waals surface area contributed by atoms with E-state index in [0.717, 1.165) is 11.4 Å². The molecule has 8 bridgehead atoms. The van der Waals surface area contributed by atoms with Gasteiger partial charge in [0.05, 0.1) is 46.8 Å². The second-order valence-corrected chi connectivity index (χ2v) is 14.0. The fourth-order valence-electron chi connectivity index (χ4n) is 6.44. The van der Waals surface area contributed by atoms with Crippen LogP contribution in [0, 0.1) is 0 Å². The molecule has 13 nitrogen and oxygen atoms in total. The highest BCUT2D eigenvalue weighted by Crippen LogP contribution is 2.40. The predicted octanol–water partition coefficient (Wildman–Crippen LogP) is 6.11. The molecule has 0 fully saturated rings. The van der Waals surface area contributed by atoms with Crippen molar-refractivity contribution in [3.63, 3.8) is 0 Å². The summed E-state index contributed by atoms with van der Waals surface area (Å²) < 4.78 is 25.7. The van der Waals surface area contributed by atoms with Crippen molar-refractivity contribution in [2.45, 2.75) is 51.4 Å². The number of ether oxygens (including phenoxy) is 5. The van der Waals surface area contributed by atoms with E-state index in [2.05, 4.69) is 37.7 Å². The number of H-pyrrole nitrogens is 2. The highest BCUT2D eigenvalue weighted by molar-refractivity contribution is 5.99. The van der Waals surface area contributed by atoms with Crippen LogP contribution in [0.4, 0.5) is 0 Å². The summed E-state index contributed by atoms with van der Waals surface area (Å²) in [6.07, 6.45) is 12.7. The van der Waals surface area contributed by atoms with Crippen LogP contribution in [0.5, 0.6) is 5.75 Å². The molecule has 54 heavy (non-hydrogen) atoms. The lowest BCUT2D eigenvalue weighted by atomic mass is 9.86. The number of methoxy groups -OCH3 is 5. The molecule has 0 aliphatic carbocycles. The molecule has 5 heterocycles. The van der Waals surface area contributed by atoms with Crippen molar-refractivity contribution >= 4 is 70.2 Å². The molecule has 5 rings (SSSR count). The predicted molar refractivity (Wildman–Crippen MR) is 205 cm³/mol. The molecular weight excluding hydrogens is 692 g/mol. The van der Waals surface area contributed by atoms with E-state index in [-0.39, 0.29) is 0 Å². The first-order valence-electron chi connectivity index (χ1n) is 17.1. The second kappa shape index (κ2) is 15.8. The first-order valence-corrected chi connectivity index (χ1v) is 17.1. The standard InChI is InChI=1S/C41H44N4O9/c1-40(2)21-23-18-28-24(10-14-34(46)50-5)25(11-15-35(47)51-6)29(43-28)19-33-41(3,4)22-31(44-33)39(54-9)38-27(13-17-37(49)53-8)26(12-16-36(48)52-7)30(45-38)20-32(40)42-23/h10-20,43,45H,21-22H2,1-9H3/b14-10+,15-11+,16-12+,17-13+,23-18?,28-18?,29-19?,30-20?,32-20?,33-19?,39-31?,39-38?. The molecule has 0 saturated carbocycles. The fraction of sp³-hybridized carbons (Fsp3) is 0.317. The topological polar surface area (TPSA) is 172 Å². The van der Waals surface area contributed by atoms with E-state index in [1.807, 2.05) is 18.2 Å². The van der Waals surface area contributed by atoms with Crippen molar-refractivity contribution in [1.29, 1.82) is 0 Å². The van der Waals surface area contributed by atoms with Crippen molar-refractivity contribution in [3.05, 3.63) is 87.5 Å². The number of nitrogens with one attached hydrogen (secondary N) is 2. The van der Waals surface area contributed by atoms with Crippen LogP contribution in [0.2, 0.25) is 0 Å². The van der Waals surface area contributed by atoms with Crippen molar-refractivity contribution in [2.24, 2.45) is 0 Å². The molecule has 3 aromatic rings. The molecule has 0 aromatic carbocycles. The number of aromatic amines is 2. The first kappa shape index (κ1) is 39.0. The molecule has 282 valence electrons. The van der Waals surface area contributed by atoms with E-state index in [1.165, 1.54) is 52.7 Å².